The smallest absolute Gasteiger partial charge is 0.257 e. The van der Waals surface area contributed by atoms with Gasteiger partial charge in [-0.3, -0.25) is 10.1 Å². The topological polar surface area (TPSA) is 106 Å². The average Bonchev–Trinajstić information content (AvgIpc) is 3.25. The van der Waals surface area contributed by atoms with Gasteiger partial charge in [0.05, 0.1) is 5.56 Å². The first-order chi connectivity index (χ1) is 16.0. The van der Waals surface area contributed by atoms with Crippen molar-refractivity contribution in [2.75, 3.05) is 18.5 Å². The minimum absolute atomic E-state index is 0.0540. The Morgan fingerprint density at radius 3 is 2.67 bits per heavy atom. The number of thiocarbonyl (C=S) groups is 1. The van der Waals surface area contributed by atoms with Crippen molar-refractivity contribution in [1.82, 2.24) is 10.3 Å². The number of aryl methyl sites for hydroxylation is 1. The lowest BCUT2D eigenvalue weighted by atomic mass is 10.1. The van der Waals surface area contributed by atoms with Crippen LogP contribution in [0.25, 0.3) is 22.6 Å². The van der Waals surface area contributed by atoms with Gasteiger partial charge in [0, 0.05) is 11.3 Å². The van der Waals surface area contributed by atoms with Crippen molar-refractivity contribution < 1.29 is 23.8 Å². The van der Waals surface area contributed by atoms with E-state index in [2.05, 4.69) is 15.6 Å². The van der Waals surface area contributed by atoms with E-state index in [-0.39, 0.29) is 22.7 Å². The Labute approximate surface area is 194 Å². The van der Waals surface area contributed by atoms with Gasteiger partial charge in [-0.15, -0.1) is 0 Å². The maximum absolute atomic E-state index is 12.6. The van der Waals surface area contributed by atoms with E-state index in [1.54, 1.807) is 43.3 Å². The third kappa shape index (κ3) is 4.18. The maximum atomic E-state index is 12.6. The number of rotatable bonds is 3. The van der Waals surface area contributed by atoms with Crippen molar-refractivity contribution in [2.45, 2.75) is 6.92 Å². The van der Waals surface area contributed by atoms with E-state index in [1.807, 2.05) is 18.2 Å². The summed E-state index contributed by atoms with van der Waals surface area (Å²) in [5, 5.41) is 16.3. The molecule has 2 heterocycles. The molecule has 3 aromatic carbocycles. The SMILES string of the molecule is Cc1cc(NC(=S)NC(=O)c2ccc3c(c2)OCCO3)cc(-c2nc3ccccc3o2)c1O. The molecule has 0 unspecified atom stereocenters. The van der Waals surface area contributed by atoms with E-state index < -0.39 is 0 Å². The number of oxazole rings is 1. The summed E-state index contributed by atoms with van der Waals surface area (Å²) in [5.74, 6) is 1.07. The number of aromatic nitrogens is 1. The van der Waals surface area contributed by atoms with Crippen LogP contribution in [0.4, 0.5) is 5.69 Å². The predicted molar refractivity (Wildman–Crippen MR) is 127 cm³/mol. The van der Waals surface area contributed by atoms with Crippen LogP contribution in [0.3, 0.4) is 0 Å². The Morgan fingerprint density at radius 1 is 1.06 bits per heavy atom. The van der Waals surface area contributed by atoms with Crippen LogP contribution in [-0.4, -0.2) is 34.3 Å². The second-order valence-corrected chi connectivity index (χ2v) is 7.85. The number of benzene rings is 3. The lowest BCUT2D eigenvalue weighted by Crippen LogP contribution is -2.34. The number of fused-ring (bicyclic) bond motifs is 2. The fraction of sp³-hybridized carbons (Fsp3) is 0.125. The van der Waals surface area contributed by atoms with E-state index in [0.717, 1.165) is 0 Å². The standard InChI is InChI=1S/C24H19N3O5S/c1-13-10-15(12-16(21(13)28)23-26-17-4-2-3-5-18(17)32-23)25-24(33)27-22(29)14-6-7-19-20(11-14)31-9-8-30-19/h2-7,10-12,28H,8-9H2,1H3,(H2,25,27,29,33). The Bertz CT molecular complexity index is 1370. The third-order valence-corrected chi connectivity index (χ3v) is 5.32. The lowest BCUT2D eigenvalue weighted by Gasteiger charge is -2.18. The highest BCUT2D eigenvalue weighted by Crippen LogP contribution is 2.36. The van der Waals surface area contributed by atoms with Crippen molar-refractivity contribution in [3.63, 3.8) is 0 Å². The summed E-state index contributed by atoms with van der Waals surface area (Å²) in [6, 6.07) is 15.7. The summed E-state index contributed by atoms with van der Waals surface area (Å²) in [5.41, 5.74) is 3.26. The van der Waals surface area contributed by atoms with E-state index in [0.29, 0.717) is 58.2 Å². The van der Waals surface area contributed by atoms with E-state index in [9.17, 15) is 9.90 Å². The first kappa shape index (κ1) is 20.8. The predicted octanol–water partition coefficient (Wildman–Crippen LogP) is 4.41. The van der Waals surface area contributed by atoms with Crippen molar-refractivity contribution in [3.8, 4) is 28.7 Å². The highest BCUT2D eigenvalue weighted by molar-refractivity contribution is 7.80. The lowest BCUT2D eigenvalue weighted by molar-refractivity contribution is 0.0976. The van der Waals surface area contributed by atoms with Gasteiger partial charge in [-0.1, -0.05) is 12.1 Å². The molecule has 0 spiro atoms. The van der Waals surface area contributed by atoms with Gasteiger partial charge in [-0.05, 0) is 67.2 Å². The fourth-order valence-corrected chi connectivity index (χ4v) is 3.73. The monoisotopic (exact) mass is 461 g/mol. The molecule has 1 aromatic heterocycles. The molecule has 5 rings (SSSR count). The molecule has 3 N–H and O–H groups in total. The van der Waals surface area contributed by atoms with Crippen LogP contribution in [0.5, 0.6) is 17.2 Å². The van der Waals surface area contributed by atoms with Crippen LogP contribution in [0, 0.1) is 6.92 Å². The van der Waals surface area contributed by atoms with E-state index in [4.69, 9.17) is 26.1 Å². The van der Waals surface area contributed by atoms with Gasteiger partial charge in [0.2, 0.25) is 5.89 Å². The number of nitrogens with one attached hydrogen (secondary N) is 2. The third-order valence-electron chi connectivity index (χ3n) is 5.11. The Morgan fingerprint density at radius 2 is 1.85 bits per heavy atom. The maximum Gasteiger partial charge on any atom is 0.257 e. The van der Waals surface area contributed by atoms with Crippen LogP contribution < -0.4 is 20.1 Å². The molecule has 0 bridgehead atoms. The number of aromatic hydroxyl groups is 1. The Kier molecular flexibility index (Phi) is 5.31. The van der Waals surface area contributed by atoms with Crippen LogP contribution in [0.15, 0.2) is 59.0 Å². The van der Waals surface area contributed by atoms with Crippen LogP contribution in [-0.2, 0) is 0 Å². The summed E-state index contributed by atoms with van der Waals surface area (Å²) in [4.78, 5) is 17.1. The molecule has 166 valence electrons. The largest absolute Gasteiger partial charge is 0.507 e. The van der Waals surface area contributed by atoms with Crippen LogP contribution in [0.1, 0.15) is 15.9 Å². The number of ether oxygens (including phenoxy) is 2. The number of carbonyl (C=O) groups excluding carboxylic acids is 1. The molecule has 1 amide bonds. The van der Waals surface area contributed by atoms with Crippen LogP contribution in [0.2, 0.25) is 0 Å². The van der Waals surface area contributed by atoms with Crippen LogP contribution >= 0.6 is 12.2 Å². The minimum atomic E-state index is -0.390. The molecule has 4 aromatic rings. The summed E-state index contributed by atoms with van der Waals surface area (Å²) in [6.45, 7) is 2.66. The zero-order valence-corrected chi connectivity index (χ0v) is 18.4. The van der Waals surface area contributed by atoms with Gasteiger partial charge in [0.15, 0.2) is 22.2 Å². The van der Waals surface area contributed by atoms with E-state index in [1.165, 1.54) is 0 Å². The number of phenols is 1. The zero-order valence-electron chi connectivity index (χ0n) is 17.5. The number of phenolic OH excluding ortho intramolecular Hbond substituents is 1. The molecule has 8 nitrogen and oxygen atoms in total. The normalized spacial score (nSPS) is 12.4. The molecular formula is C24H19N3O5S. The summed E-state index contributed by atoms with van der Waals surface area (Å²) in [7, 11) is 0. The van der Waals surface area contributed by atoms with Crippen molar-refractivity contribution in [3.05, 3.63) is 65.7 Å². The van der Waals surface area contributed by atoms with Crippen molar-refractivity contribution in [1.29, 1.82) is 0 Å². The average molecular weight is 461 g/mol. The Balaban J connectivity index is 1.34. The highest BCUT2D eigenvalue weighted by Gasteiger charge is 2.18. The quantitative estimate of drug-likeness (QED) is 0.304. The number of anilines is 1. The Hall–Kier alpha value is -4.11. The van der Waals surface area contributed by atoms with E-state index >= 15 is 0 Å². The highest BCUT2D eigenvalue weighted by atomic mass is 32.1. The first-order valence-corrected chi connectivity index (χ1v) is 10.6. The first-order valence-electron chi connectivity index (χ1n) is 10.2. The molecule has 33 heavy (non-hydrogen) atoms. The molecule has 0 fully saturated rings. The van der Waals surface area contributed by atoms with Crippen molar-refractivity contribution >= 4 is 40.0 Å². The molecule has 0 aliphatic carbocycles. The molecule has 0 radical (unpaired) electrons. The van der Waals surface area contributed by atoms with Crippen molar-refractivity contribution in [2.24, 2.45) is 0 Å². The second kappa shape index (κ2) is 8.44. The van der Waals surface area contributed by atoms with Gasteiger partial charge in [-0.2, -0.15) is 0 Å². The number of hydrogen-bond acceptors (Lipinski definition) is 7. The molecule has 1 aliphatic heterocycles. The number of carbonyl (C=O) groups is 1. The second-order valence-electron chi connectivity index (χ2n) is 7.44. The van der Waals surface area contributed by atoms with Gasteiger partial charge >= 0.3 is 0 Å². The molecule has 9 heteroatoms. The van der Waals surface area contributed by atoms with Gasteiger partial charge < -0.3 is 24.3 Å². The molecule has 0 atom stereocenters. The summed E-state index contributed by atoms with van der Waals surface area (Å²) < 4.78 is 16.8. The minimum Gasteiger partial charge on any atom is -0.507 e. The summed E-state index contributed by atoms with van der Waals surface area (Å²) in [6.07, 6.45) is 0. The number of amides is 1. The van der Waals surface area contributed by atoms with Gasteiger partial charge in [0.1, 0.15) is 24.5 Å². The van der Waals surface area contributed by atoms with Gasteiger partial charge in [-0.25, -0.2) is 4.98 Å². The fourth-order valence-electron chi connectivity index (χ4n) is 3.52. The number of para-hydroxylation sites is 2. The summed E-state index contributed by atoms with van der Waals surface area (Å²) >= 11 is 5.32. The molecular weight excluding hydrogens is 442 g/mol. The molecule has 1 aliphatic rings. The van der Waals surface area contributed by atoms with Gasteiger partial charge in [0.25, 0.3) is 5.91 Å². The molecule has 0 saturated heterocycles. The zero-order chi connectivity index (χ0) is 22.9. The number of hydrogen-bond donors (Lipinski definition) is 3. The molecule has 0 saturated carbocycles. The number of nitrogens with zero attached hydrogens (tertiary/aromatic N) is 1.